The van der Waals surface area contributed by atoms with Crippen molar-refractivity contribution < 1.29 is 17.1 Å². The molecule has 0 saturated carbocycles. The first kappa shape index (κ1) is 11.3. The molecule has 1 aliphatic heterocycles. The van der Waals surface area contributed by atoms with Gasteiger partial charge >= 0.3 is 10.2 Å². The van der Waals surface area contributed by atoms with Gasteiger partial charge in [-0.3, -0.25) is 9.89 Å². The molecule has 0 aromatic carbocycles. The summed E-state index contributed by atoms with van der Waals surface area (Å²) in [6.45, 7) is -0.239. The van der Waals surface area contributed by atoms with Crippen molar-refractivity contribution in [3.05, 3.63) is 11.3 Å². The molecule has 1 aliphatic rings. The van der Waals surface area contributed by atoms with Crippen LogP contribution in [0.1, 0.15) is 6.42 Å². The van der Waals surface area contributed by atoms with Gasteiger partial charge in [0.2, 0.25) is 5.91 Å². The van der Waals surface area contributed by atoms with Crippen LogP contribution < -0.4 is 4.90 Å². The molecule has 1 fully saturated rings. The molecule has 0 spiro atoms. The van der Waals surface area contributed by atoms with E-state index in [0.717, 1.165) is 4.90 Å². The molecule has 0 aliphatic carbocycles. The van der Waals surface area contributed by atoms with E-state index in [-0.39, 0.29) is 23.8 Å². The molecule has 1 amide bonds. The van der Waals surface area contributed by atoms with Gasteiger partial charge in [-0.05, 0) is 0 Å². The van der Waals surface area contributed by atoms with E-state index in [1.54, 1.807) is 0 Å². The largest absolute Gasteiger partial charge is 0.307 e. The first-order valence-corrected chi connectivity index (χ1v) is 6.15. The third kappa shape index (κ3) is 1.90. The topological polar surface area (TPSA) is 83.1 Å². The van der Waals surface area contributed by atoms with Crippen molar-refractivity contribution in [1.29, 1.82) is 0 Å². The molecule has 1 unspecified atom stereocenters. The van der Waals surface area contributed by atoms with Crippen molar-refractivity contribution in [2.75, 3.05) is 11.4 Å². The number of aromatic amines is 1. The highest BCUT2D eigenvalue weighted by Crippen LogP contribution is 2.29. The van der Waals surface area contributed by atoms with Crippen LogP contribution in [-0.4, -0.2) is 36.3 Å². The highest BCUT2D eigenvalue weighted by molar-refractivity contribution is 7.87. The van der Waals surface area contributed by atoms with E-state index in [2.05, 4.69) is 10.2 Å². The van der Waals surface area contributed by atoms with Gasteiger partial charge in [0.1, 0.15) is 16.1 Å². The standard InChI is InChI=1S/C7H7ClFN3O3S/c8-7-5(2-10-11-7)12-3-4(1-6(12)13)16(9,14)15/h2,4H,1,3H2,(H,10,11). The zero-order valence-corrected chi connectivity index (χ0v) is 9.42. The van der Waals surface area contributed by atoms with Crippen molar-refractivity contribution in [3.63, 3.8) is 0 Å². The van der Waals surface area contributed by atoms with Gasteiger partial charge in [-0.15, -0.1) is 3.89 Å². The Morgan fingerprint density at radius 1 is 1.62 bits per heavy atom. The van der Waals surface area contributed by atoms with E-state index >= 15 is 0 Å². The number of amides is 1. The number of anilines is 1. The van der Waals surface area contributed by atoms with E-state index in [1.807, 2.05) is 0 Å². The maximum absolute atomic E-state index is 12.7. The van der Waals surface area contributed by atoms with Gasteiger partial charge in [-0.2, -0.15) is 13.5 Å². The van der Waals surface area contributed by atoms with E-state index in [9.17, 15) is 17.1 Å². The molecule has 0 radical (unpaired) electrons. The van der Waals surface area contributed by atoms with Gasteiger partial charge in [0.05, 0.1) is 6.20 Å². The van der Waals surface area contributed by atoms with Gasteiger partial charge in [0, 0.05) is 13.0 Å². The minimum absolute atomic E-state index is 0.116. The van der Waals surface area contributed by atoms with Crippen LogP contribution in [0.4, 0.5) is 9.57 Å². The highest BCUT2D eigenvalue weighted by atomic mass is 35.5. The van der Waals surface area contributed by atoms with Crippen LogP contribution in [0.2, 0.25) is 5.15 Å². The summed E-state index contributed by atoms with van der Waals surface area (Å²) in [5, 5.41) is 4.78. The molecule has 1 aromatic heterocycles. The number of H-pyrrole nitrogens is 1. The number of carbonyl (C=O) groups excluding carboxylic acids is 1. The first-order chi connectivity index (χ1) is 7.39. The molecule has 0 bridgehead atoms. The predicted molar refractivity (Wildman–Crippen MR) is 54.4 cm³/mol. The third-order valence-corrected chi connectivity index (χ3v) is 3.74. The van der Waals surface area contributed by atoms with Crippen molar-refractivity contribution in [1.82, 2.24) is 10.2 Å². The van der Waals surface area contributed by atoms with E-state index < -0.39 is 21.4 Å². The molecule has 2 rings (SSSR count). The number of hydrogen-bond acceptors (Lipinski definition) is 4. The Labute approximate surface area is 95.6 Å². The number of halogens is 2. The van der Waals surface area contributed by atoms with Gasteiger partial charge < -0.3 is 4.90 Å². The molecule has 1 aromatic rings. The van der Waals surface area contributed by atoms with Crippen LogP contribution in [0.25, 0.3) is 0 Å². The third-order valence-electron chi connectivity index (χ3n) is 2.35. The average molecular weight is 268 g/mol. The zero-order chi connectivity index (χ0) is 11.9. The average Bonchev–Trinajstić information content (AvgIpc) is 2.70. The van der Waals surface area contributed by atoms with Crippen molar-refractivity contribution in [2.45, 2.75) is 11.7 Å². The molecular formula is C7H7ClFN3O3S. The fourth-order valence-corrected chi connectivity index (χ4v) is 2.42. The van der Waals surface area contributed by atoms with Crippen molar-refractivity contribution >= 4 is 33.4 Å². The van der Waals surface area contributed by atoms with Crippen molar-refractivity contribution in [3.8, 4) is 0 Å². The molecule has 2 heterocycles. The fraction of sp³-hybridized carbons (Fsp3) is 0.429. The second-order valence-electron chi connectivity index (χ2n) is 3.38. The Balaban J connectivity index is 2.28. The summed E-state index contributed by atoms with van der Waals surface area (Å²) >= 11 is 5.69. The van der Waals surface area contributed by atoms with Crippen LogP contribution in [-0.2, 0) is 15.0 Å². The minimum Gasteiger partial charge on any atom is -0.307 e. The molecular weight excluding hydrogens is 261 g/mol. The van der Waals surface area contributed by atoms with Gasteiger partial charge in [0.15, 0.2) is 0 Å². The second-order valence-corrected chi connectivity index (χ2v) is 5.37. The molecule has 1 N–H and O–H groups in total. The first-order valence-electron chi connectivity index (χ1n) is 4.32. The summed E-state index contributed by atoms with van der Waals surface area (Å²) in [5.74, 6) is -0.491. The molecule has 6 nitrogen and oxygen atoms in total. The SMILES string of the molecule is O=C1CC(S(=O)(=O)F)CN1c1cn[nH]c1Cl. The second kappa shape index (κ2) is 3.70. The van der Waals surface area contributed by atoms with Gasteiger partial charge in [-0.25, -0.2) is 0 Å². The lowest BCUT2D eigenvalue weighted by Crippen LogP contribution is -2.26. The summed E-state index contributed by atoms with van der Waals surface area (Å²) < 4.78 is 34.1. The number of nitrogens with one attached hydrogen (secondary N) is 1. The lowest BCUT2D eigenvalue weighted by Gasteiger charge is -2.13. The van der Waals surface area contributed by atoms with E-state index in [0.29, 0.717) is 0 Å². The molecule has 16 heavy (non-hydrogen) atoms. The summed E-state index contributed by atoms with van der Waals surface area (Å²) in [5.41, 5.74) is 0.262. The van der Waals surface area contributed by atoms with Gasteiger partial charge in [-0.1, -0.05) is 11.6 Å². The molecule has 88 valence electrons. The lowest BCUT2D eigenvalue weighted by atomic mass is 10.4. The van der Waals surface area contributed by atoms with Crippen LogP contribution in [0.5, 0.6) is 0 Å². The molecule has 9 heteroatoms. The number of carbonyl (C=O) groups is 1. The lowest BCUT2D eigenvalue weighted by molar-refractivity contribution is -0.117. The van der Waals surface area contributed by atoms with E-state index in [1.165, 1.54) is 6.20 Å². The Morgan fingerprint density at radius 2 is 2.31 bits per heavy atom. The number of rotatable bonds is 2. The Morgan fingerprint density at radius 3 is 2.75 bits per heavy atom. The Kier molecular flexibility index (Phi) is 2.62. The van der Waals surface area contributed by atoms with Gasteiger partial charge in [0.25, 0.3) is 0 Å². The summed E-state index contributed by atoms with van der Waals surface area (Å²) in [6.07, 6.45) is 0.911. The highest BCUT2D eigenvalue weighted by Gasteiger charge is 2.40. The number of nitrogens with zero attached hydrogens (tertiary/aromatic N) is 2. The van der Waals surface area contributed by atoms with Crippen LogP contribution in [0, 0.1) is 0 Å². The monoisotopic (exact) mass is 267 g/mol. The van der Waals surface area contributed by atoms with Crippen LogP contribution in [0.3, 0.4) is 0 Å². The quantitative estimate of drug-likeness (QED) is 0.790. The number of hydrogen-bond donors (Lipinski definition) is 1. The summed E-state index contributed by atoms with van der Waals surface area (Å²) in [4.78, 5) is 12.6. The minimum atomic E-state index is -4.71. The smallest absolute Gasteiger partial charge is 0.307 e. The normalized spacial score (nSPS) is 21.8. The molecule has 1 saturated heterocycles. The Bertz CT molecular complexity index is 529. The van der Waals surface area contributed by atoms with E-state index in [4.69, 9.17) is 11.6 Å². The predicted octanol–water partition coefficient (Wildman–Crippen LogP) is 0.468. The summed E-state index contributed by atoms with van der Waals surface area (Å²) in [7, 11) is -4.71. The maximum atomic E-state index is 12.7. The number of aromatic nitrogens is 2. The van der Waals surface area contributed by atoms with Crippen LogP contribution >= 0.6 is 11.6 Å². The van der Waals surface area contributed by atoms with Crippen molar-refractivity contribution in [2.24, 2.45) is 0 Å². The fourth-order valence-electron chi connectivity index (χ4n) is 1.55. The molecule has 1 atom stereocenters. The Hall–Kier alpha value is -1.15. The maximum Gasteiger partial charge on any atom is 0.307 e. The van der Waals surface area contributed by atoms with Crippen LogP contribution in [0.15, 0.2) is 6.20 Å². The summed E-state index contributed by atoms with van der Waals surface area (Å²) in [6, 6.07) is 0. The zero-order valence-electron chi connectivity index (χ0n) is 7.85.